The van der Waals surface area contributed by atoms with E-state index in [1.54, 1.807) is 11.8 Å². The predicted octanol–water partition coefficient (Wildman–Crippen LogP) is 2.66. The van der Waals surface area contributed by atoms with E-state index < -0.39 is 0 Å². The van der Waals surface area contributed by atoms with Crippen LogP contribution in [0.3, 0.4) is 0 Å². The van der Waals surface area contributed by atoms with Crippen molar-refractivity contribution in [3.63, 3.8) is 0 Å². The fraction of sp³-hybridized carbons (Fsp3) is 0.692. The molecule has 1 aromatic rings. The molecule has 1 aliphatic heterocycles. The highest BCUT2D eigenvalue weighted by atomic mass is 32.2. The third kappa shape index (κ3) is 4.37. The lowest BCUT2D eigenvalue weighted by atomic mass is 10.0. The minimum Gasteiger partial charge on any atom is -0.464 e. The van der Waals surface area contributed by atoms with Crippen LogP contribution < -0.4 is 5.32 Å². The molecule has 2 heterocycles. The number of rotatable bonds is 6. The summed E-state index contributed by atoms with van der Waals surface area (Å²) >= 11 is 1.78. The summed E-state index contributed by atoms with van der Waals surface area (Å²) in [5.41, 5.74) is 0. The largest absolute Gasteiger partial charge is 0.464 e. The van der Waals surface area contributed by atoms with Gasteiger partial charge in [0, 0.05) is 13.2 Å². The molecule has 1 aromatic heterocycles. The van der Waals surface area contributed by atoms with E-state index in [2.05, 4.69) is 23.7 Å². The van der Waals surface area contributed by atoms with Gasteiger partial charge in [-0.1, -0.05) is 0 Å². The molecule has 1 saturated heterocycles. The number of furan rings is 1. The fourth-order valence-corrected chi connectivity index (χ4v) is 2.54. The normalized spacial score (nSPS) is 20.6. The lowest BCUT2D eigenvalue weighted by Gasteiger charge is -2.21. The number of nitrogens with one attached hydrogen (secondary N) is 1. The Labute approximate surface area is 107 Å². The number of thioether (sulfide) groups is 1. The van der Waals surface area contributed by atoms with Crippen molar-refractivity contribution >= 4 is 11.8 Å². The van der Waals surface area contributed by atoms with Gasteiger partial charge in [-0.3, -0.25) is 0 Å². The van der Waals surface area contributed by atoms with Crippen molar-refractivity contribution in [1.29, 1.82) is 0 Å². The zero-order chi connectivity index (χ0) is 11.9. The topological polar surface area (TPSA) is 34.4 Å². The van der Waals surface area contributed by atoms with Gasteiger partial charge in [-0.25, -0.2) is 0 Å². The average Bonchev–Trinajstić information content (AvgIpc) is 2.79. The molecule has 0 radical (unpaired) electrons. The van der Waals surface area contributed by atoms with Crippen molar-refractivity contribution in [3.05, 3.63) is 23.7 Å². The van der Waals surface area contributed by atoms with Gasteiger partial charge in [-0.2, -0.15) is 11.8 Å². The van der Waals surface area contributed by atoms with Gasteiger partial charge in [0.15, 0.2) is 0 Å². The second-order valence-electron chi connectivity index (χ2n) is 4.52. The summed E-state index contributed by atoms with van der Waals surface area (Å²) in [5, 5.41) is 3.45. The van der Waals surface area contributed by atoms with Crippen molar-refractivity contribution in [2.75, 3.05) is 26.0 Å². The van der Waals surface area contributed by atoms with Crippen LogP contribution in [0.5, 0.6) is 0 Å². The van der Waals surface area contributed by atoms with Gasteiger partial charge >= 0.3 is 0 Å². The molecule has 1 atom stereocenters. The molecule has 0 aliphatic carbocycles. The second-order valence-corrected chi connectivity index (χ2v) is 5.38. The highest BCUT2D eigenvalue weighted by molar-refractivity contribution is 7.97. The molecule has 2 rings (SSSR count). The summed E-state index contributed by atoms with van der Waals surface area (Å²) in [4.78, 5) is 0. The minimum atomic E-state index is 0.671. The maximum Gasteiger partial charge on any atom is 0.117 e. The van der Waals surface area contributed by atoms with Gasteiger partial charge in [0.05, 0.1) is 18.9 Å². The zero-order valence-corrected chi connectivity index (χ0v) is 11.2. The molecule has 1 fully saturated rings. The standard InChI is InChI=1S/C13H21NO2S/c1-17-10-13-5-4-12(16-13)8-14-7-11-3-2-6-15-9-11/h4-5,11,14H,2-3,6-10H2,1H3. The lowest BCUT2D eigenvalue weighted by Crippen LogP contribution is -2.28. The van der Waals surface area contributed by atoms with Crippen LogP contribution in [0, 0.1) is 5.92 Å². The number of hydrogen-bond acceptors (Lipinski definition) is 4. The van der Waals surface area contributed by atoms with E-state index >= 15 is 0 Å². The van der Waals surface area contributed by atoms with Crippen molar-refractivity contribution in [1.82, 2.24) is 5.32 Å². The molecule has 1 N–H and O–H groups in total. The van der Waals surface area contributed by atoms with Gasteiger partial charge in [0.2, 0.25) is 0 Å². The molecule has 3 nitrogen and oxygen atoms in total. The highest BCUT2D eigenvalue weighted by Crippen LogP contribution is 2.14. The Hall–Kier alpha value is -0.450. The lowest BCUT2D eigenvalue weighted by molar-refractivity contribution is 0.0546. The Balaban J connectivity index is 1.66. The Morgan fingerprint density at radius 2 is 2.29 bits per heavy atom. The smallest absolute Gasteiger partial charge is 0.117 e. The van der Waals surface area contributed by atoms with Crippen LogP contribution in [-0.4, -0.2) is 26.0 Å². The van der Waals surface area contributed by atoms with Gasteiger partial charge in [-0.15, -0.1) is 0 Å². The molecular formula is C13H21NO2S. The molecule has 1 unspecified atom stereocenters. The molecule has 0 aromatic carbocycles. The van der Waals surface area contributed by atoms with Crippen molar-refractivity contribution in [2.45, 2.75) is 25.1 Å². The van der Waals surface area contributed by atoms with Crippen LogP contribution in [-0.2, 0) is 17.0 Å². The fourth-order valence-electron chi connectivity index (χ4n) is 2.11. The Bertz CT molecular complexity index is 321. The maximum atomic E-state index is 5.70. The Morgan fingerprint density at radius 1 is 1.41 bits per heavy atom. The van der Waals surface area contributed by atoms with Gasteiger partial charge in [0.1, 0.15) is 11.5 Å². The summed E-state index contributed by atoms with van der Waals surface area (Å²) in [6.45, 7) is 3.69. The van der Waals surface area contributed by atoms with Crippen molar-refractivity contribution in [3.8, 4) is 0 Å². The molecular weight excluding hydrogens is 234 g/mol. The molecule has 0 bridgehead atoms. The first-order chi connectivity index (χ1) is 8.38. The monoisotopic (exact) mass is 255 g/mol. The van der Waals surface area contributed by atoms with E-state index in [1.165, 1.54) is 12.8 Å². The molecule has 0 amide bonds. The summed E-state index contributed by atoms with van der Waals surface area (Å²) in [5.74, 6) is 3.72. The summed E-state index contributed by atoms with van der Waals surface area (Å²) in [7, 11) is 0. The van der Waals surface area contributed by atoms with Crippen LogP contribution in [0.15, 0.2) is 16.5 Å². The van der Waals surface area contributed by atoms with E-state index in [1.807, 2.05) is 0 Å². The van der Waals surface area contributed by atoms with E-state index in [9.17, 15) is 0 Å². The molecule has 4 heteroatoms. The third-order valence-corrected chi connectivity index (χ3v) is 3.56. The molecule has 1 aliphatic rings. The van der Waals surface area contributed by atoms with E-state index in [4.69, 9.17) is 9.15 Å². The first-order valence-electron chi connectivity index (χ1n) is 6.23. The molecule has 0 saturated carbocycles. The molecule has 96 valence electrons. The second kappa shape index (κ2) is 7.09. The number of hydrogen-bond donors (Lipinski definition) is 1. The first kappa shape index (κ1) is 13.0. The average molecular weight is 255 g/mol. The number of ether oxygens (including phenoxy) is 1. The minimum absolute atomic E-state index is 0.671. The molecule has 17 heavy (non-hydrogen) atoms. The van der Waals surface area contributed by atoms with Crippen LogP contribution in [0.4, 0.5) is 0 Å². The van der Waals surface area contributed by atoms with Crippen molar-refractivity contribution < 1.29 is 9.15 Å². The highest BCUT2D eigenvalue weighted by Gasteiger charge is 2.13. The third-order valence-electron chi connectivity index (χ3n) is 2.99. The Morgan fingerprint density at radius 3 is 3.06 bits per heavy atom. The van der Waals surface area contributed by atoms with Crippen LogP contribution in [0.2, 0.25) is 0 Å². The van der Waals surface area contributed by atoms with E-state index in [0.29, 0.717) is 5.92 Å². The predicted molar refractivity (Wildman–Crippen MR) is 71.2 cm³/mol. The maximum absolute atomic E-state index is 5.70. The summed E-state index contributed by atoms with van der Waals surface area (Å²) in [6, 6.07) is 4.13. The first-order valence-corrected chi connectivity index (χ1v) is 7.63. The van der Waals surface area contributed by atoms with Gasteiger partial charge in [0.25, 0.3) is 0 Å². The quantitative estimate of drug-likeness (QED) is 0.847. The van der Waals surface area contributed by atoms with Crippen molar-refractivity contribution in [2.24, 2.45) is 5.92 Å². The summed E-state index contributed by atoms with van der Waals surface area (Å²) < 4.78 is 11.2. The molecule has 0 spiro atoms. The SMILES string of the molecule is CSCc1ccc(CNCC2CCCOC2)o1. The summed E-state index contributed by atoms with van der Waals surface area (Å²) in [6.07, 6.45) is 4.57. The Kier molecular flexibility index (Phi) is 5.42. The zero-order valence-electron chi connectivity index (χ0n) is 10.4. The van der Waals surface area contributed by atoms with E-state index in [-0.39, 0.29) is 0 Å². The van der Waals surface area contributed by atoms with Crippen LogP contribution >= 0.6 is 11.8 Å². The van der Waals surface area contributed by atoms with Crippen LogP contribution in [0.1, 0.15) is 24.4 Å². The van der Waals surface area contributed by atoms with Crippen LogP contribution in [0.25, 0.3) is 0 Å². The van der Waals surface area contributed by atoms with Gasteiger partial charge < -0.3 is 14.5 Å². The van der Waals surface area contributed by atoms with Gasteiger partial charge in [-0.05, 0) is 37.1 Å². The van der Waals surface area contributed by atoms with E-state index in [0.717, 1.165) is 43.6 Å².